The van der Waals surface area contributed by atoms with Gasteiger partial charge < -0.3 is 15.0 Å². The molecular weight excluding hydrogens is 312 g/mol. The Morgan fingerprint density at radius 2 is 2.17 bits per heavy atom. The van der Waals surface area contributed by atoms with E-state index < -0.39 is 10.8 Å². The molecule has 1 saturated heterocycles. The van der Waals surface area contributed by atoms with Gasteiger partial charge in [-0.25, -0.2) is 4.79 Å². The van der Waals surface area contributed by atoms with Crippen LogP contribution in [0.4, 0.5) is 10.5 Å². The number of anilines is 1. The molecular formula is C17H26N2O3S. The molecule has 1 atom stereocenters. The van der Waals surface area contributed by atoms with Gasteiger partial charge in [0.25, 0.3) is 0 Å². The minimum Gasteiger partial charge on any atom is -0.374 e. The topological polar surface area (TPSA) is 58.6 Å². The molecule has 1 aromatic carbocycles. The normalized spacial score (nSPS) is 20.6. The Labute approximate surface area is 140 Å². The zero-order valence-corrected chi connectivity index (χ0v) is 15.1. The van der Waals surface area contributed by atoms with Gasteiger partial charge in [-0.15, -0.1) is 0 Å². The average molecular weight is 338 g/mol. The first kappa shape index (κ1) is 17.9. The third kappa shape index (κ3) is 5.04. The molecule has 1 unspecified atom stereocenters. The fourth-order valence-electron chi connectivity index (χ4n) is 2.46. The Balaban J connectivity index is 1.97. The molecule has 2 rings (SSSR count). The van der Waals surface area contributed by atoms with Gasteiger partial charge in [-0.2, -0.15) is 0 Å². The van der Waals surface area contributed by atoms with Crippen LogP contribution in [0.2, 0.25) is 0 Å². The van der Waals surface area contributed by atoms with Crippen LogP contribution in [0.3, 0.4) is 0 Å². The Kier molecular flexibility index (Phi) is 5.81. The number of benzene rings is 1. The molecule has 0 aromatic heterocycles. The van der Waals surface area contributed by atoms with E-state index in [1.54, 1.807) is 4.90 Å². The molecule has 0 bridgehead atoms. The first-order chi connectivity index (χ1) is 10.8. The summed E-state index contributed by atoms with van der Waals surface area (Å²) in [7, 11) is -0.883. The molecule has 0 aliphatic carbocycles. The van der Waals surface area contributed by atoms with E-state index in [1.165, 1.54) is 0 Å². The van der Waals surface area contributed by atoms with Crippen molar-refractivity contribution < 1.29 is 13.7 Å². The van der Waals surface area contributed by atoms with Crippen LogP contribution in [0, 0.1) is 0 Å². The highest BCUT2D eigenvalue weighted by Crippen LogP contribution is 2.21. The van der Waals surface area contributed by atoms with E-state index in [1.807, 2.05) is 52.0 Å². The Bertz CT molecular complexity index is 587. The number of carbonyl (C=O) groups is 1. The lowest BCUT2D eigenvalue weighted by molar-refractivity contribution is 0.0657. The molecule has 1 N–H and O–H groups in total. The van der Waals surface area contributed by atoms with Gasteiger partial charge in [0.1, 0.15) is 0 Å². The molecule has 1 aromatic rings. The first-order valence-electron chi connectivity index (χ1n) is 7.93. The number of hydrogen-bond donors (Lipinski definition) is 1. The van der Waals surface area contributed by atoms with Crippen LogP contribution < -0.4 is 5.32 Å². The quantitative estimate of drug-likeness (QED) is 0.918. The summed E-state index contributed by atoms with van der Waals surface area (Å²) in [6, 6.07) is 7.53. The fraction of sp³-hybridized carbons (Fsp3) is 0.588. The van der Waals surface area contributed by atoms with Crippen molar-refractivity contribution in [1.29, 1.82) is 0 Å². The number of hydrogen-bond acceptors (Lipinski definition) is 3. The molecule has 1 fully saturated rings. The van der Waals surface area contributed by atoms with Crippen LogP contribution in [0.1, 0.15) is 33.3 Å². The van der Waals surface area contributed by atoms with Crippen LogP contribution in [-0.2, 0) is 22.1 Å². The zero-order chi connectivity index (χ0) is 17.0. The Morgan fingerprint density at radius 1 is 1.43 bits per heavy atom. The number of nitrogens with zero attached hydrogens (tertiary/aromatic N) is 1. The number of carbonyl (C=O) groups excluding carboxylic acids is 1. The maximum absolute atomic E-state index is 12.4. The second-order valence-corrected chi connectivity index (χ2v) is 8.93. The van der Waals surface area contributed by atoms with Crippen molar-refractivity contribution in [2.75, 3.05) is 24.2 Å². The molecule has 5 nitrogen and oxygen atoms in total. The van der Waals surface area contributed by atoms with Crippen molar-refractivity contribution in [3.8, 4) is 0 Å². The highest BCUT2D eigenvalue weighted by Gasteiger charge is 2.35. The molecule has 1 aliphatic rings. The largest absolute Gasteiger partial charge is 0.374 e. The van der Waals surface area contributed by atoms with Crippen LogP contribution >= 0.6 is 0 Å². The van der Waals surface area contributed by atoms with Gasteiger partial charge in [0.05, 0.1) is 17.5 Å². The average Bonchev–Trinajstić information content (AvgIpc) is 2.48. The number of nitrogens with one attached hydrogen (secondary N) is 1. The van der Waals surface area contributed by atoms with Crippen molar-refractivity contribution >= 4 is 22.5 Å². The summed E-state index contributed by atoms with van der Waals surface area (Å²) in [5, 5.41) is 2.92. The summed E-state index contributed by atoms with van der Waals surface area (Å²) in [6.45, 7) is 9.41. The fourth-order valence-corrected chi connectivity index (χ4v) is 3.70. The maximum Gasteiger partial charge on any atom is 0.321 e. The summed E-state index contributed by atoms with van der Waals surface area (Å²) in [5.74, 6) is 0.530. The van der Waals surface area contributed by atoms with E-state index in [9.17, 15) is 9.00 Å². The van der Waals surface area contributed by atoms with E-state index in [-0.39, 0.29) is 16.9 Å². The number of ether oxygens (including phenoxy) is 1. The predicted molar refractivity (Wildman–Crippen MR) is 94.0 cm³/mol. The van der Waals surface area contributed by atoms with Gasteiger partial charge in [-0.05, 0) is 45.4 Å². The van der Waals surface area contributed by atoms with Crippen LogP contribution in [0.5, 0.6) is 0 Å². The molecule has 6 heteroatoms. The molecule has 2 amide bonds. The van der Waals surface area contributed by atoms with Crippen LogP contribution in [0.25, 0.3) is 0 Å². The van der Waals surface area contributed by atoms with Crippen LogP contribution in [0.15, 0.2) is 24.3 Å². The van der Waals surface area contributed by atoms with Gasteiger partial charge in [0.15, 0.2) is 0 Å². The number of amides is 2. The SMILES string of the molecule is CC(C)OCc1cccc(NC(=O)N2CCS(=O)C(C)(C)C2)c1. The van der Waals surface area contributed by atoms with E-state index >= 15 is 0 Å². The second-order valence-electron chi connectivity index (χ2n) is 6.72. The predicted octanol–water partition coefficient (Wildman–Crippen LogP) is 2.99. The lowest BCUT2D eigenvalue weighted by Gasteiger charge is -2.37. The van der Waals surface area contributed by atoms with Crippen molar-refractivity contribution in [3.05, 3.63) is 29.8 Å². The van der Waals surface area contributed by atoms with Crippen molar-refractivity contribution in [3.63, 3.8) is 0 Å². The second kappa shape index (κ2) is 7.45. The van der Waals surface area contributed by atoms with E-state index in [0.717, 1.165) is 11.3 Å². The van der Waals surface area contributed by atoms with Crippen molar-refractivity contribution in [2.24, 2.45) is 0 Å². The molecule has 23 heavy (non-hydrogen) atoms. The standard InChI is InChI=1S/C17H26N2O3S/c1-13(2)22-11-14-6-5-7-15(10-14)18-16(20)19-8-9-23(21)17(3,4)12-19/h5-7,10,13H,8-9,11-12H2,1-4H3,(H,18,20). The van der Waals surface area contributed by atoms with E-state index in [4.69, 9.17) is 4.74 Å². The summed E-state index contributed by atoms with van der Waals surface area (Å²) in [5.41, 5.74) is 1.78. The third-order valence-electron chi connectivity index (χ3n) is 3.78. The summed E-state index contributed by atoms with van der Waals surface area (Å²) >= 11 is 0. The minimum absolute atomic E-state index is 0.142. The highest BCUT2D eigenvalue weighted by atomic mass is 32.2. The summed E-state index contributed by atoms with van der Waals surface area (Å²) in [6.07, 6.45) is 0.171. The van der Waals surface area contributed by atoms with Crippen LogP contribution in [-0.4, -0.2) is 44.8 Å². The van der Waals surface area contributed by atoms with Gasteiger partial charge in [-0.1, -0.05) is 12.1 Å². The molecule has 0 radical (unpaired) electrons. The highest BCUT2D eigenvalue weighted by molar-refractivity contribution is 7.86. The third-order valence-corrected chi connectivity index (χ3v) is 5.70. The van der Waals surface area contributed by atoms with Gasteiger partial charge in [-0.3, -0.25) is 4.21 Å². The van der Waals surface area contributed by atoms with Gasteiger partial charge in [0, 0.05) is 35.3 Å². The maximum atomic E-state index is 12.4. The summed E-state index contributed by atoms with van der Waals surface area (Å²) in [4.78, 5) is 14.2. The lowest BCUT2D eigenvalue weighted by Crippen LogP contribution is -2.53. The lowest BCUT2D eigenvalue weighted by atomic mass is 10.2. The Hall–Kier alpha value is -1.40. The minimum atomic E-state index is -0.883. The number of urea groups is 1. The van der Waals surface area contributed by atoms with Crippen molar-refractivity contribution in [1.82, 2.24) is 4.90 Å². The van der Waals surface area contributed by atoms with E-state index in [2.05, 4.69) is 5.32 Å². The molecule has 0 saturated carbocycles. The molecule has 1 aliphatic heterocycles. The molecule has 1 heterocycles. The Morgan fingerprint density at radius 3 is 2.83 bits per heavy atom. The smallest absolute Gasteiger partial charge is 0.321 e. The van der Waals surface area contributed by atoms with Crippen molar-refractivity contribution in [2.45, 2.75) is 45.2 Å². The van der Waals surface area contributed by atoms with E-state index in [0.29, 0.717) is 25.4 Å². The van der Waals surface area contributed by atoms with Gasteiger partial charge >= 0.3 is 6.03 Å². The van der Waals surface area contributed by atoms with Gasteiger partial charge in [0.2, 0.25) is 0 Å². The number of rotatable bonds is 4. The zero-order valence-electron chi connectivity index (χ0n) is 14.3. The monoisotopic (exact) mass is 338 g/mol. The summed E-state index contributed by atoms with van der Waals surface area (Å²) < 4.78 is 17.2. The molecule has 128 valence electrons. The molecule has 0 spiro atoms. The first-order valence-corrected chi connectivity index (χ1v) is 9.25.